The molecule has 0 aliphatic carbocycles. The fourth-order valence-corrected chi connectivity index (χ4v) is 2.19. The molecule has 0 atom stereocenters. The maximum Gasteiger partial charge on any atom is 0.276 e. The van der Waals surface area contributed by atoms with Gasteiger partial charge in [0.05, 0.1) is 24.7 Å². The Balaban J connectivity index is 2.33. The lowest BCUT2D eigenvalue weighted by Gasteiger charge is -2.08. The standard InChI is InChI=1S/C18H19NO6/c1-22-12-25-15-7-8-16(19(20)21)14(11-15)6-4-13-5-9-17(23-2)18(10-13)24-3/h4-11H,12H2,1-3H3. The summed E-state index contributed by atoms with van der Waals surface area (Å²) in [7, 11) is 4.61. The van der Waals surface area contributed by atoms with Crippen molar-refractivity contribution in [3.05, 3.63) is 57.6 Å². The molecule has 0 bridgehead atoms. The molecule has 0 N–H and O–H groups in total. The average molecular weight is 345 g/mol. The van der Waals surface area contributed by atoms with Gasteiger partial charge in [-0.3, -0.25) is 10.1 Å². The summed E-state index contributed by atoms with van der Waals surface area (Å²) in [4.78, 5) is 10.8. The maximum atomic E-state index is 11.2. The molecule has 0 saturated carbocycles. The third-order valence-corrected chi connectivity index (χ3v) is 3.40. The van der Waals surface area contributed by atoms with Crippen LogP contribution in [0.15, 0.2) is 36.4 Å². The van der Waals surface area contributed by atoms with Gasteiger partial charge in [-0.15, -0.1) is 0 Å². The molecular weight excluding hydrogens is 326 g/mol. The number of nitro benzene ring substituents is 1. The van der Waals surface area contributed by atoms with Crippen molar-refractivity contribution in [3.8, 4) is 17.2 Å². The molecule has 0 aliphatic heterocycles. The molecule has 2 rings (SSSR count). The minimum absolute atomic E-state index is 0.0125. The summed E-state index contributed by atoms with van der Waals surface area (Å²) < 4.78 is 20.6. The first-order valence-electron chi connectivity index (χ1n) is 7.39. The number of methoxy groups -OCH3 is 3. The fourth-order valence-electron chi connectivity index (χ4n) is 2.19. The highest BCUT2D eigenvalue weighted by Crippen LogP contribution is 2.30. The smallest absolute Gasteiger partial charge is 0.276 e. The second-order valence-corrected chi connectivity index (χ2v) is 4.98. The first kappa shape index (κ1) is 18.3. The van der Waals surface area contributed by atoms with Crippen molar-refractivity contribution >= 4 is 17.8 Å². The van der Waals surface area contributed by atoms with Crippen LogP contribution < -0.4 is 14.2 Å². The molecule has 0 radical (unpaired) electrons. The molecule has 2 aromatic carbocycles. The van der Waals surface area contributed by atoms with Gasteiger partial charge in [0.25, 0.3) is 5.69 Å². The molecule has 2 aromatic rings. The second kappa shape index (κ2) is 8.70. The largest absolute Gasteiger partial charge is 0.493 e. The molecule has 7 heteroatoms. The van der Waals surface area contributed by atoms with Crippen LogP contribution in [0.4, 0.5) is 5.69 Å². The zero-order valence-electron chi connectivity index (χ0n) is 14.2. The van der Waals surface area contributed by atoms with Crippen LogP contribution in [0.3, 0.4) is 0 Å². The van der Waals surface area contributed by atoms with Gasteiger partial charge in [0.15, 0.2) is 18.3 Å². The highest BCUT2D eigenvalue weighted by atomic mass is 16.7. The number of hydrogen-bond donors (Lipinski definition) is 0. The van der Waals surface area contributed by atoms with E-state index >= 15 is 0 Å². The molecule has 0 aromatic heterocycles. The second-order valence-electron chi connectivity index (χ2n) is 4.98. The quantitative estimate of drug-likeness (QED) is 0.314. The summed E-state index contributed by atoms with van der Waals surface area (Å²) in [5, 5.41) is 11.2. The Kier molecular flexibility index (Phi) is 6.36. The molecule has 0 heterocycles. The van der Waals surface area contributed by atoms with Gasteiger partial charge in [0.1, 0.15) is 5.75 Å². The number of benzene rings is 2. The van der Waals surface area contributed by atoms with Crippen molar-refractivity contribution < 1.29 is 23.9 Å². The van der Waals surface area contributed by atoms with E-state index in [1.807, 2.05) is 6.07 Å². The minimum Gasteiger partial charge on any atom is -0.493 e. The lowest BCUT2D eigenvalue weighted by molar-refractivity contribution is -0.385. The van der Waals surface area contributed by atoms with Gasteiger partial charge in [0.2, 0.25) is 0 Å². The molecule has 0 amide bonds. The van der Waals surface area contributed by atoms with Crippen molar-refractivity contribution in [3.63, 3.8) is 0 Å². The van der Waals surface area contributed by atoms with E-state index in [9.17, 15) is 10.1 Å². The molecule has 0 aliphatic rings. The number of hydrogen-bond acceptors (Lipinski definition) is 6. The van der Waals surface area contributed by atoms with Crippen LogP contribution in [0, 0.1) is 10.1 Å². The normalized spacial score (nSPS) is 10.7. The van der Waals surface area contributed by atoms with E-state index in [2.05, 4.69) is 0 Å². The summed E-state index contributed by atoms with van der Waals surface area (Å²) in [5.74, 6) is 1.68. The summed E-state index contributed by atoms with van der Waals surface area (Å²) in [5.41, 5.74) is 1.23. The van der Waals surface area contributed by atoms with E-state index in [0.717, 1.165) is 5.56 Å². The Morgan fingerprint density at radius 2 is 1.76 bits per heavy atom. The van der Waals surface area contributed by atoms with Crippen LogP contribution in [0.2, 0.25) is 0 Å². The third kappa shape index (κ3) is 4.71. The highest BCUT2D eigenvalue weighted by molar-refractivity contribution is 5.75. The molecular formula is C18H19NO6. The number of nitrogens with zero attached hydrogens (tertiary/aromatic N) is 1. The van der Waals surface area contributed by atoms with Gasteiger partial charge in [-0.05, 0) is 35.9 Å². The molecule has 0 fully saturated rings. The molecule has 132 valence electrons. The van der Waals surface area contributed by atoms with Gasteiger partial charge in [0, 0.05) is 13.2 Å². The Labute approximate surface area is 145 Å². The Morgan fingerprint density at radius 3 is 2.40 bits per heavy atom. The topological polar surface area (TPSA) is 80.1 Å². The highest BCUT2D eigenvalue weighted by Gasteiger charge is 2.12. The monoisotopic (exact) mass is 345 g/mol. The van der Waals surface area contributed by atoms with Crippen LogP contribution in [0.1, 0.15) is 11.1 Å². The van der Waals surface area contributed by atoms with Gasteiger partial charge >= 0.3 is 0 Å². The number of rotatable bonds is 8. The van der Waals surface area contributed by atoms with Crippen LogP contribution in [0.5, 0.6) is 17.2 Å². The van der Waals surface area contributed by atoms with Crippen molar-refractivity contribution in [2.45, 2.75) is 0 Å². The molecule has 25 heavy (non-hydrogen) atoms. The van der Waals surface area contributed by atoms with Crippen LogP contribution >= 0.6 is 0 Å². The van der Waals surface area contributed by atoms with Crippen molar-refractivity contribution in [1.29, 1.82) is 0 Å². The van der Waals surface area contributed by atoms with Crippen molar-refractivity contribution in [2.75, 3.05) is 28.1 Å². The van der Waals surface area contributed by atoms with E-state index in [4.69, 9.17) is 18.9 Å². The summed E-state index contributed by atoms with van der Waals surface area (Å²) in [6.45, 7) is 0.0661. The average Bonchev–Trinajstić information content (AvgIpc) is 2.64. The van der Waals surface area contributed by atoms with Crippen LogP contribution in [0.25, 0.3) is 12.2 Å². The summed E-state index contributed by atoms with van der Waals surface area (Å²) in [6.07, 6.45) is 3.41. The van der Waals surface area contributed by atoms with Crippen LogP contribution in [-0.4, -0.2) is 33.0 Å². The lowest BCUT2D eigenvalue weighted by Crippen LogP contribution is -2.00. The van der Waals surface area contributed by atoms with Crippen LogP contribution in [-0.2, 0) is 4.74 Å². The Morgan fingerprint density at radius 1 is 1.00 bits per heavy atom. The lowest BCUT2D eigenvalue weighted by atomic mass is 10.1. The van der Waals surface area contributed by atoms with Gasteiger partial charge in [-0.2, -0.15) is 0 Å². The summed E-state index contributed by atoms with van der Waals surface area (Å²) >= 11 is 0. The minimum atomic E-state index is -0.436. The van der Waals surface area contributed by atoms with Crippen molar-refractivity contribution in [2.24, 2.45) is 0 Å². The predicted molar refractivity (Wildman–Crippen MR) is 94.1 cm³/mol. The molecule has 0 unspecified atom stereocenters. The fraction of sp³-hybridized carbons (Fsp3) is 0.222. The van der Waals surface area contributed by atoms with Gasteiger partial charge < -0.3 is 18.9 Å². The maximum absolute atomic E-state index is 11.2. The SMILES string of the molecule is COCOc1ccc([N+](=O)[O-])c(C=Cc2ccc(OC)c(OC)c2)c1. The van der Waals surface area contributed by atoms with E-state index in [-0.39, 0.29) is 12.5 Å². The number of nitro groups is 1. The third-order valence-electron chi connectivity index (χ3n) is 3.40. The van der Waals surface area contributed by atoms with E-state index in [0.29, 0.717) is 22.8 Å². The first-order chi connectivity index (χ1) is 12.1. The molecule has 0 saturated heterocycles. The van der Waals surface area contributed by atoms with Crippen molar-refractivity contribution in [1.82, 2.24) is 0 Å². The van der Waals surface area contributed by atoms with E-state index in [1.165, 1.54) is 19.2 Å². The number of ether oxygens (including phenoxy) is 4. The Bertz CT molecular complexity index is 772. The van der Waals surface area contributed by atoms with E-state index in [1.54, 1.807) is 44.6 Å². The molecule has 0 spiro atoms. The first-order valence-corrected chi connectivity index (χ1v) is 7.39. The van der Waals surface area contributed by atoms with Gasteiger partial charge in [-0.25, -0.2) is 0 Å². The Hall–Kier alpha value is -3.06. The summed E-state index contributed by atoms with van der Waals surface area (Å²) in [6, 6.07) is 9.91. The predicted octanol–water partition coefficient (Wildman–Crippen LogP) is 3.77. The zero-order chi connectivity index (χ0) is 18.2. The van der Waals surface area contributed by atoms with Gasteiger partial charge in [-0.1, -0.05) is 12.1 Å². The zero-order valence-corrected chi connectivity index (χ0v) is 14.2. The molecule has 7 nitrogen and oxygen atoms in total. The van der Waals surface area contributed by atoms with E-state index < -0.39 is 4.92 Å².